The fraction of sp³-hybridized carbons (Fsp3) is 0.269. The summed E-state index contributed by atoms with van der Waals surface area (Å²) in [5, 5.41) is 13.7. The molecule has 31 heavy (non-hydrogen) atoms. The molecular formula is C26H27N3OS. The number of benzene rings is 2. The van der Waals surface area contributed by atoms with Crippen LogP contribution in [0.4, 0.5) is 5.69 Å². The van der Waals surface area contributed by atoms with Gasteiger partial charge in [-0.1, -0.05) is 74.7 Å². The zero-order chi connectivity index (χ0) is 22.1. The Labute approximate surface area is 188 Å². The van der Waals surface area contributed by atoms with Gasteiger partial charge in [-0.25, -0.2) is 4.98 Å². The molecule has 0 unspecified atom stereocenters. The lowest BCUT2D eigenvalue weighted by atomic mass is 9.94. The average molecular weight is 430 g/mol. The highest BCUT2D eigenvalue weighted by Gasteiger charge is 2.24. The number of carbonyl (C=O) groups is 1. The minimum Gasteiger partial charge on any atom is -0.322 e. The molecule has 3 aromatic rings. The number of aryl methyl sites for hydroxylation is 1. The highest BCUT2D eigenvalue weighted by Crippen LogP contribution is 2.35. The van der Waals surface area contributed by atoms with Gasteiger partial charge in [0.2, 0.25) is 0 Å². The molecule has 0 atom stereocenters. The van der Waals surface area contributed by atoms with Crippen molar-refractivity contribution in [1.29, 1.82) is 5.26 Å². The van der Waals surface area contributed by atoms with Crippen LogP contribution in [-0.2, 0) is 0 Å². The lowest BCUT2D eigenvalue weighted by molar-refractivity contribution is 0.102. The van der Waals surface area contributed by atoms with Crippen molar-refractivity contribution >= 4 is 23.4 Å². The summed E-state index contributed by atoms with van der Waals surface area (Å²) < 4.78 is 0. The first-order valence-corrected chi connectivity index (χ1v) is 11.6. The molecule has 1 N–H and O–H groups in total. The lowest BCUT2D eigenvalue weighted by Crippen LogP contribution is -2.17. The molecular weight excluding hydrogens is 402 g/mol. The number of nitriles is 1. The quantitative estimate of drug-likeness (QED) is 0.298. The van der Waals surface area contributed by atoms with E-state index in [-0.39, 0.29) is 5.91 Å². The molecule has 0 saturated heterocycles. The van der Waals surface area contributed by atoms with Crippen molar-refractivity contribution in [2.24, 2.45) is 0 Å². The number of hydrogen-bond donors (Lipinski definition) is 1. The summed E-state index contributed by atoms with van der Waals surface area (Å²) in [6.45, 7) is 4.03. The molecule has 0 saturated carbocycles. The summed E-state index contributed by atoms with van der Waals surface area (Å²) in [5.41, 5.74) is 3.74. The minimum absolute atomic E-state index is 0.258. The smallest absolute Gasteiger partial charge is 0.258 e. The van der Waals surface area contributed by atoms with E-state index in [1.165, 1.54) is 19.3 Å². The van der Waals surface area contributed by atoms with Crippen LogP contribution in [0, 0.1) is 18.3 Å². The Morgan fingerprint density at radius 2 is 1.71 bits per heavy atom. The molecule has 3 rings (SSSR count). The molecule has 5 heteroatoms. The SMILES string of the molecule is CCCCCCSc1nc(C)c(C(=O)Nc2ccccc2)c(-c2ccccc2)c1C#N. The van der Waals surface area contributed by atoms with Crippen LogP contribution in [0.25, 0.3) is 11.1 Å². The molecule has 0 aliphatic rings. The topological polar surface area (TPSA) is 65.8 Å². The van der Waals surface area contributed by atoms with Gasteiger partial charge in [-0.15, -0.1) is 11.8 Å². The molecule has 0 aliphatic heterocycles. The average Bonchev–Trinajstić information content (AvgIpc) is 2.79. The van der Waals surface area contributed by atoms with Crippen LogP contribution in [0.5, 0.6) is 0 Å². The first-order chi connectivity index (χ1) is 15.2. The maximum Gasteiger partial charge on any atom is 0.258 e. The van der Waals surface area contributed by atoms with E-state index in [1.807, 2.05) is 67.6 Å². The standard InChI is InChI=1S/C26H27N3OS/c1-3-4-5-12-17-31-26-22(18-27)24(20-13-8-6-9-14-20)23(19(2)28-26)25(30)29-21-15-10-7-11-16-21/h6-11,13-16H,3-5,12,17H2,1-2H3,(H,29,30). The Morgan fingerprint density at radius 1 is 1.03 bits per heavy atom. The number of rotatable bonds is 9. The van der Waals surface area contributed by atoms with Gasteiger partial charge in [-0.05, 0) is 36.8 Å². The Balaban J connectivity index is 2.03. The highest BCUT2D eigenvalue weighted by atomic mass is 32.2. The van der Waals surface area contributed by atoms with Crippen molar-refractivity contribution in [2.45, 2.75) is 44.6 Å². The second-order valence-corrected chi connectivity index (χ2v) is 8.42. The molecule has 0 spiro atoms. The predicted octanol–water partition coefficient (Wildman–Crippen LogP) is 6.85. The van der Waals surface area contributed by atoms with Crippen molar-refractivity contribution < 1.29 is 4.79 Å². The fourth-order valence-electron chi connectivity index (χ4n) is 3.47. The number of anilines is 1. The van der Waals surface area contributed by atoms with E-state index >= 15 is 0 Å². The highest BCUT2D eigenvalue weighted by molar-refractivity contribution is 7.99. The molecule has 0 fully saturated rings. The maximum absolute atomic E-state index is 13.3. The second-order valence-electron chi connectivity index (χ2n) is 7.33. The summed E-state index contributed by atoms with van der Waals surface area (Å²) in [6.07, 6.45) is 4.66. The Hall–Kier alpha value is -3.10. The lowest BCUT2D eigenvalue weighted by Gasteiger charge is -2.17. The Morgan fingerprint density at radius 3 is 2.35 bits per heavy atom. The van der Waals surface area contributed by atoms with Gasteiger partial charge >= 0.3 is 0 Å². The third-order valence-corrected chi connectivity index (χ3v) is 6.08. The van der Waals surface area contributed by atoms with Crippen LogP contribution in [-0.4, -0.2) is 16.6 Å². The number of nitrogens with one attached hydrogen (secondary N) is 1. The molecule has 1 aromatic heterocycles. The third-order valence-electron chi connectivity index (χ3n) is 5.01. The summed E-state index contributed by atoms with van der Waals surface area (Å²) in [7, 11) is 0. The van der Waals surface area contributed by atoms with E-state index < -0.39 is 0 Å². The van der Waals surface area contributed by atoms with Gasteiger partial charge in [0.05, 0.1) is 16.8 Å². The van der Waals surface area contributed by atoms with E-state index in [0.717, 1.165) is 17.7 Å². The largest absolute Gasteiger partial charge is 0.322 e. The number of hydrogen-bond acceptors (Lipinski definition) is 4. The molecule has 2 aromatic carbocycles. The molecule has 0 aliphatic carbocycles. The molecule has 0 radical (unpaired) electrons. The van der Waals surface area contributed by atoms with Gasteiger partial charge < -0.3 is 5.32 Å². The summed E-state index contributed by atoms with van der Waals surface area (Å²) in [6, 6.07) is 21.3. The minimum atomic E-state index is -0.258. The van der Waals surface area contributed by atoms with E-state index in [9.17, 15) is 10.1 Å². The van der Waals surface area contributed by atoms with Crippen LogP contribution in [0.3, 0.4) is 0 Å². The van der Waals surface area contributed by atoms with Gasteiger partial charge in [0.1, 0.15) is 11.1 Å². The van der Waals surface area contributed by atoms with E-state index in [1.54, 1.807) is 11.8 Å². The molecule has 4 nitrogen and oxygen atoms in total. The van der Waals surface area contributed by atoms with E-state index in [2.05, 4.69) is 18.3 Å². The van der Waals surface area contributed by atoms with Crippen molar-refractivity contribution in [3.8, 4) is 17.2 Å². The number of carbonyl (C=O) groups excluding carboxylic acids is 1. The number of nitrogens with zero attached hydrogens (tertiary/aromatic N) is 2. The maximum atomic E-state index is 13.3. The van der Waals surface area contributed by atoms with Crippen LogP contribution < -0.4 is 5.32 Å². The number of unbranched alkanes of at least 4 members (excludes halogenated alkanes) is 3. The van der Waals surface area contributed by atoms with E-state index in [4.69, 9.17) is 4.98 Å². The number of para-hydroxylation sites is 1. The molecule has 1 heterocycles. The van der Waals surface area contributed by atoms with Gasteiger partial charge in [-0.2, -0.15) is 5.26 Å². The summed E-state index contributed by atoms with van der Waals surface area (Å²) in [4.78, 5) is 18.0. The van der Waals surface area contributed by atoms with Crippen LogP contribution in [0.15, 0.2) is 65.7 Å². The van der Waals surface area contributed by atoms with Crippen LogP contribution in [0.1, 0.15) is 54.2 Å². The Bertz CT molecular complexity index is 1060. The number of aromatic nitrogens is 1. The number of amides is 1. The number of pyridine rings is 1. The van der Waals surface area contributed by atoms with Gasteiger partial charge in [0.15, 0.2) is 0 Å². The fourth-order valence-corrected chi connectivity index (χ4v) is 4.50. The van der Waals surface area contributed by atoms with Gasteiger partial charge in [0.25, 0.3) is 5.91 Å². The molecule has 1 amide bonds. The van der Waals surface area contributed by atoms with Gasteiger partial charge in [0, 0.05) is 11.3 Å². The zero-order valence-corrected chi connectivity index (χ0v) is 18.8. The van der Waals surface area contributed by atoms with Crippen molar-refractivity contribution in [3.63, 3.8) is 0 Å². The van der Waals surface area contributed by atoms with Crippen molar-refractivity contribution in [3.05, 3.63) is 77.5 Å². The molecule has 0 bridgehead atoms. The molecule has 158 valence electrons. The third kappa shape index (κ3) is 5.74. The van der Waals surface area contributed by atoms with Crippen LogP contribution in [0.2, 0.25) is 0 Å². The first kappa shape index (κ1) is 22.6. The monoisotopic (exact) mass is 429 g/mol. The summed E-state index contributed by atoms with van der Waals surface area (Å²) in [5.74, 6) is 0.649. The number of thioether (sulfide) groups is 1. The zero-order valence-electron chi connectivity index (χ0n) is 18.0. The van der Waals surface area contributed by atoms with Crippen molar-refractivity contribution in [1.82, 2.24) is 4.98 Å². The first-order valence-electron chi connectivity index (χ1n) is 10.6. The summed E-state index contributed by atoms with van der Waals surface area (Å²) >= 11 is 1.60. The van der Waals surface area contributed by atoms with E-state index in [0.29, 0.717) is 33.1 Å². The Kier molecular flexibility index (Phi) is 8.26. The van der Waals surface area contributed by atoms with Gasteiger partial charge in [-0.3, -0.25) is 4.79 Å². The normalized spacial score (nSPS) is 10.5. The second kappa shape index (κ2) is 11.3. The predicted molar refractivity (Wildman–Crippen MR) is 128 cm³/mol. The van der Waals surface area contributed by atoms with Crippen molar-refractivity contribution in [2.75, 3.05) is 11.1 Å². The van der Waals surface area contributed by atoms with Crippen LogP contribution >= 0.6 is 11.8 Å².